The van der Waals surface area contributed by atoms with E-state index in [0.717, 1.165) is 32.3 Å². The zero-order chi connectivity index (χ0) is 12.8. The molecule has 0 aromatic rings. The average molecular weight is 260 g/mol. The first-order valence-corrected chi connectivity index (χ1v) is 10.5. The summed E-state index contributed by atoms with van der Waals surface area (Å²) in [6, 6.07) is 1.17. The fourth-order valence-electron chi connectivity index (χ4n) is 2.08. The Hall–Kier alpha value is 0.0969. The molecule has 0 aromatic heterocycles. The summed E-state index contributed by atoms with van der Waals surface area (Å²) in [7, 11) is -0.994. The van der Waals surface area contributed by atoms with Gasteiger partial charge < -0.3 is 14.6 Å². The van der Waals surface area contributed by atoms with Gasteiger partial charge in [-0.25, -0.2) is 0 Å². The maximum atomic E-state index is 10.2. The first kappa shape index (κ1) is 15.2. The molecule has 0 bridgehead atoms. The van der Waals surface area contributed by atoms with Crippen LogP contribution in [0.5, 0.6) is 0 Å². The second-order valence-electron chi connectivity index (χ2n) is 6.47. The number of hydrogen-bond acceptors (Lipinski definition) is 3. The second-order valence-corrected chi connectivity index (χ2v) is 12.1. The molecule has 0 heterocycles. The van der Waals surface area contributed by atoms with Crippen molar-refractivity contribution in [3.63, 3.8) is 0 Å². The standard InChI is InChI=1S/C13H28O3Si/c1-17(2,3)10-9-15-12-16-11-13(14)7-5-4-6-8-13/h14H,4-12H2,1-3H3. The molecule has 102 valence electrons. The van der Waals surface area contributed by atoms with Gasteiger partial charge in [0.05, 0.1) is 12.2 Å². The summed E-state index contributed by atoms with van der Waals surface area (Å²) < 4.78 is 10.9. The van der Waals surface area contributed by atoms with Gasteiger partial charge in [0.15, 0.2) is 0 Å². The van der Waals surface area contributed by atoms with Crippen LogP contribution in [0.1, 0.15) is 32.1 Å². The van der Waals surface area contributed by atoms with Crippen molar-refractivity contribution in [2.45, 2.75) is 63.4 Å². The Labute approximate surface area is 107 Å². The third kappa shape index (κ3) is 7.19. The van der Waals surface area contributed by atoms with Gasteiger partial charge in [-0.1, -0.05) is 38.9 Å². The molecule has 0 saturated heterocycles. The molecule has 1 N–H and O–H groups in total. The van der Waals surface area contributed by atoms with E-state index in [0.29, 0.717) is 13.4 Å². The fourth-order valence-corrected chi connectivity index (χ4v) is 2.84. The molecule has 0 aliphatic heterocycles. The van der Waals surface area contributed by atoms with Crippen LogP contribution in [0.3, 0.4) is 0 Å². The third-order valence-electron chi connectivity index (χ3n) is 3.32. The molecular formula is C13H28O3Si. The zero-order valence-electron chi connectivity index (χ0n) is 11.6. The molecule has 4 heteroatoms. The highest BCUT2D eigenvalue weighted by atomic mass is 28.3. The molecule has 1 aliphatic rings. The van der Waals surface area contributed by atoms with E-state index in [1.807, 2.05) is 0 Å². The van der Waals surface area contributed by atoms with E-state index < -0.39 is 13.7 Å². The molecule has 1 aliphatic carbocycles. The molecule has 17 heavy (non-hydrogen) atoms. The molecule has 1 saturated carbocycles. The molecule has 1 rings (SSSR count). The summed E-state index contributed by atoms with van der Waals surface area (Å²) >= 11 is 0. The molecule has 1 fully saturated rings. The SMILES string of the molecule is C[Si](C)(C)CCOCOCC1(O)CCCCC1. The van der Waals surface area contributed by atoms with Crippen molar-refractivity contribution in [3.05, 3.63) is 0 Å². The van der Waals surface area contributed by atoms with Crippen molar-refractivity contribution >= 4 is 8.07 Å². The molecule has 0 spiro atoms. The van der Waals surface area contributed by atoms with Crippen LogP contribution in [0, 0.1) is 0 Å². The quantitative estimate of drug-likeness (QED) is 0.434. The highest BCUT2D eigenvalue weighted by Gasteiger charge is 2.29. The van der Waals surface area contributed by atoms with Gasteiger partial charge in [0.1, 0.15) is 6.79 Å². The summed E-state index contributed by atoms with van der Waals surface area (Å²) in [6.07, 6.45) is 5.24. The van der Waals surface area contributed by atoms with Crippen LogP contribution >= 0.6 is 0 Å². The highest BCUT2D eigenvalue weighted by molar-refractivity contribution is 6.76. The molecule has 0 unspecified atom stereocenters. The largest absolute Gasteiger partial charge is 0.387 e. The first-order chi connectivity index (χ1) is 7.91. The van der Waals surface area contributed by atoms with Crippen LogP contribution in [0.4, 0.5) is 0 Å². The lowest BCUT2D eigenvalue weighted by Crippen LogP contribution is -2.37. The zero-order valence-corrected chi connectivity index (χ0v) is 12.6. The normalized spacial score (nSPS) is 20.5. The summed E-state index contributed by atoms with van der Waals surface area (Å²) in [6.45, 7) is 8.55. The molecule has 0 amide bonds. The maximum absolute atomic E-state index is 10.2. The van der Waals surface area contributed by atoms with Gasteiger partial charge in [0, 0.05) is 14.7 Å². The third-order valence-corrected chi connectivity index (χ3v) is 5.02. The molecule has 0 aromatic carbocycles. The smallest absolute Gasteiger partial charge is 0.146 e. The average Bonchev–Trinajstić information content (AvgIpc) is 2.23. The molecule has 0 radical (unpaired) electrons. The number of ether oxygens (including phenoxy) is 2. The van der Waals surface area contributed by atoms with Crippen molar-refractivity contribution in [2.75, 3.05) is 20.0 Å². The minimum atomic E-state index is -0.994. The Kier molecular flexibility index (Phi) is 6.13. The second kappa shape index (κ2) is 6.88. The number of rotatable bonds is 7. The van der Waals surface area contributed by atoms with Crippen molar-refractivity contribution in [1.29, 1.82) is 0 Å². The van der Waals surface area contributed by atoms with E-state index in [4.69, 9.17) is 9.47 Å². The molecule has 0 atom stereocenters. The number of aliphatic hydroxyl groups is 1. The maximum Gasteiger partial charge on any atom is 0.146 e. The van der Waals surface area contributed by atoms with E-state index in [2.05, 4.69) is 19.6 Å². The van der Waals surface area contributed by atoms with Crippen LogP contribution in [-0.2, 0) is 9.47 Å². The Bertz CT molecular complexity index is 207. The van der Waals surface area contributed by atoms with Crippen LogP contribution < -0.4 is 0 Å². The van der Waals surface area contributed by atoms with Gasteiger partial charge in [0.2, 0.25) is 0 Å². The van der Waals surface area contributed by atoms with Crippen molar-refractivity contribution in [2.24, 2.45) is 0 Å². The predicted octanol–water partition coefficient (Wildman–Crippen LogP) is 3.01. The van der Waals surface area contributed by atoms with Gasteiger partial charge >= 0.3 is 0 Å². The van der Waals surface area contributed by atoms with Gasteiger partial charge in [-0.15, -0.1) is 0 Å². The van der Waals surface area contributed by atoms with Crippen LogP contribution in [-0.4, -0.2) is 38.8 Å². The van der Waals surface area contributed by atoms with Crippen molar-refractivity contribution < 1.29 is 14.6 Å². The lowest BCUT2D eigenvalue weighted by Gasteiger charge is -2.31. The lowest BCUT2D eigenvalue weighted by molar-refractivity contribution is -0.121. The Morgan fingerprint density at radius 2 is 1.71 bits per heavy atom. The minimum absolute atomic E-state index is 0.326. The lowest BCUT2D eigenvalue weighted by atomic mass is 9.86. The summed E-state index contributed by atoms with van der Waals surface area (Å²) in [5.41, 5.74) is -0.583. The van der Waals surface area contributed by atoms with Gasteiger partial charge in [-0.3, -0.25) is 0 Å². The monoisotopic (exact) mass is 260 g/mol. The summed E-state index contributed by atoms with van der Waals surface area (Å²) in [5, 5.41) is 10.2. The Balaban J connectivity index is 2.00. The first-order valence-electron chi connectivity index (χ1n) is 6.79. The van der Waals surface area contributed by atoms with E-state index in [1.165, 1.54) is 12.5 Å². The van der Waals surface area contributed by atoms with Crippen LogP contribution in [0.15, 0.2) is 0 Å². The molecular weight excluding hydrogens is 232 g/mol. The molecule has 3 nitrogen and oxygen atoms in total. The van der Waals surface area contributed by atoms with Gasteiger partial charge in [0.25, 0.3) is 0 Å². The van der Waals surface area contributed by atoms with Gasteiger partial charge in [-0.2, -0.15) is 0 Å². The minimum Gasteiger partial charge on any atom is -0.387 e. The topological polar surface area (TPSA) is 38.7 Å². The van der Waals surface area contributed by atoms with E-state index >= 15 is 0 Å². The highest BCUT2D eigenvalue weighted by Crippen LogP contribution is 2.28. The summed E-state index contributed by atoms with van der Waals surface area (Å²) in [4.78, 5) is 0. The van der Waals surface area contributed by atoms with Crippen LogP contribution in [0.25, 0.3) is 0 Å². The predicted molar refractivity (Wildman–Crippen MR) is 73.0 cm³/mol. The van der Waals surface area contributed by atoms with Gasteiger partial charge in [-0.05, 0) is 18.9 Å². The van der Waals surface area contributed by atoms with Crippen molar-refractivity contribution in [3.8, 4) is 0 Å². The Morgan fingerprint density at radius 1 is 1.06 bits per heavy atom. The van der Waals surface area contributed by atoms with E-state index in [1.54, 1.807) is 0 Å². The fraction of sp³-hybridized carbons (Fsp3) is 1.00. The Morgan fingerprint density at radius 3 is 2.29 bits per heavy atom. The summed E-state index contributed by atoms with van der Waals surface area (Å²) in [5.74, 6) is 0. The van der Waals surface area contributed by atoms with Crippen LogP contribution in [0.2, 0.25) is 25.7 Å². The van der Waals surface area contributed by atoms with E-state index in [-0.39, 0.29) is 0 Å². The van der Waals surface area contributed by atoms with E-state index in [9.17, 15) is 5.11 Å². The van der Waals surface area contributed by atoms with Crippen molar-refractivity contribution in [1.82, 2.24) is 0 Å². The number of hydrogen-bond donors (Lipinski definition) is 1.